The number of aromatic nitrogens is 3. The SMILES string of the molecule is CC(N)c1ncn(CC2CCCN(S(C)(=O)=O)C2)n1. The van der Waals surface area contributed by atoms with Gasteiger partial charge in [-0.05, 0) is 25.7 Å². The van der Waals surface area contributed by atoms with Crippen molar-refractivity contribution in [3.8, 4) is 0 Å². The lowest BCUT2D eigenvalue weighted by Crippen LogP contribution is -2.40. The van der Waals surface area contributed by atoms with E-state index in [9.17, 15) is 8.42 Å². The van der Waals surface area contributed by atoms with E-state index in [1.807, 2.05) is 6.92 Å². The van der Waals surface area contributed by atoms with Gasteiger partial charge in [0.1, 0.15) is 6.33 Å². The van der Waals surface area contributed by atoms with Crippen LogP contribution in [0.15, 0.2) is 6.33 Å². The van der Waals surface area contributed by atoms with E-state index in [1.165, 1.54) is 6.26 Å². The second-order valence-electron chi connectivity index (χ2n) is 5.24. The summed E-state index contributed by atoms with van der Waals surface area (Å²) in [7, 11) is -3.09. The van der Waals surface area contributed by atoms with Crippen molar-refractivity contribution in [3.63, 3.8) is 0 Å². The first-order chi connectivity index (χ1) is 8.86. The largest absolute Gasteiger partial charge is 0.321 e. The molecule has 108 valence electrons. The molecular formula is C11H21N5O2S. The maximum atomic E-state index is 11.6. The summed E-state index contributed by atoms with van der Waals surface area (Å²) in [6, 6.07) is -0.180. The minimum Gasteiger partial charge on any atom is -0.321 e. The Balaban J connectivity index is 1.98. The average molecular weight is 287 g/mol. The Hall–Kier alpha value is -0.990. The van der Waals surface area contributed by atoms with Crippen molar-refractivity contribution in [2.45, 2.75) is 32.4 Å². The van der Waals surface area contributed by atoms with E-state index in [-0.39, 0.29) is 12.0 Å². The Morgan fingerprint density at radius 3 is 2.89 bits per heavy atom. The van der Waals surface area contributed by atoms with Crippen LogP contribution in [0.25, 0.3) is 0 Å². The van der Waals surface area contributed by atoms with Crippen LogP contribution in [0.4, 0.5) is 0 Å². The lowest BCUT2D eigenvalue weighted by atomic mass is 10.00. The fraction of sp³-hybridized carbons (Fsp3) is 0.818. The first-order valence-electron chi connectivity index (χ1n) is 6.46. The number of hydrogen-bond acceptors (Lipinski definition) is 5. The van der Waals surface area contributed by atoms with Crippen LogP contribution in [0.3, 0.4) is 0 Å². The van der Waals surface area contributed by atoms with Gasteiger partial charge in [-0.3, -0.25) is 4.68 Å². The summed E-state index contributed by atoms with van der Waals surface area (Å²) in [5, 5.41) is 4.30. The molecule has 2 heterocycles. The molecule has 8 heteroatoms. The van der Waals surface area contributed by atoms with Crippen molar-refractivity contribution in [2.24, 2.45) is 11.7 Å². The molecule has 0 spiro atoms. The zero-order valence-electron chi connectivity index (χ0n) is 11.4. The highest BCUT2D eigenvalue weighted by atomic mass is 32.2. The molecule has 0 aliphatic carbocycles. The Labute approximate surface area is 113 Å². The van der Waals surface area contributed by atoms with Gasteiger partial charge in [-0.2, -0.15) is 5.10 Å². The van der Waals surface area contributed by atoms with Crippen molar-refractivity contribution in [2.75, 3.05) is 19.3 Å². The van der Waals surface area contributed by atoms with Gasteiger partial charge in [0.2, 0.25) is 10.0 Å². The standard InChI is InChI=1S/C11H21N5O2S/c1-9(12)11-13-8-15(14-11)6-10-4-3-5-16(7-10)19(2,17)18/h8-10H,3-7,12H2,1-2H3. The van der Waals surface area contributed by atoms with Gasteiger partial charge in [-0.15, -0.1) is 0 Å². The van der Waals surface area contributed by atoms with Crippen LogP contribution in [0.5, 0.6) is 0 Å². The zero-order valence-corrected chi connectivity index (χ0v) is 12.2. The summed E-state index contributed by atoms with van der Waals surface area (Å²) < 4.78 is 26.4. The molecule has 2 atom stereocenters. The molecule has 1 aromatic rings. The van der Waals surface area contributed by atoms with E-state index in [0.717, 1.165) is 12.8 Å². The van der Waals surface area contributed by atoms with Crippen molar-refractivity contribution in [1.29, 1.82) is 0 Å². The number of nitrogens with zero attached hydrogens (tertiary/aromatic N) is 4. The smallest absolute Gasteiger partial charge is 0.211 e. The zero-order chi connectivity index (χ0) is 14.0. The van der Waals surface area contributed by atoms with E-state index in [1.54, 1.807) is 15.3 Å². The number of nitrogens with two attached hydrogens (primary N) is 1. The van der Waals surface area contributed by atoms with Crippen LogP contribution in [-0.2, 0) is 16.6 Å². The summed E-state index contributed by atoms with van der Waals surface area (Å²) in [4.78, 5) is 4.14. The maximum absolute atomic E-state index is 11.6. The van der Waals surface area contributed by atoms with Crippen molar-refractivity contribution in [3.05, 3.63) is 12.2 Å². The van der Waals surface area contributed by atoms with E-state index in [2.05, 4.69) is 10.1 Å². The number of hydrogen-bond donors (Lipinski definition) is 1. The molecule has 2 rings (SSSR count). The number of sulfonamides is 1. The third-order valence-electron chi connectivity index (χ3n) is 3.36. The molecule has 0 aromatic carbocycles. The van der Waals surface area contributed by atoms with Crippen molar-refractivity contribution < 1.29 is 8.42 Å². The Morgan fingerprint density at radius 2 is 2.32 bits per heavy atom. The molecule has 1 aliphatic rings. The van der Waals surface area contributed by atoms with Gasteiger partial charge >= 0.3 is 0 Å². The van der Waals surface area contributed by atoms with Gasteiger partial charge in [0, 0.05) is 19.6 Å². The fourth-order valence-electron chi connectivity index (χ4n) is 2.35. The normalized spacial score (nSPS) is 23.4. The first-order valence-corrected chi connectivity index (χ1v) is 8.31. The molecule has 0 bridgehead atoms. The summed E-state index contributed by atoms with van der Waals surface area (Å²) in [6.07, 6.45) is 4.84. The highest BCUT2D eigenvalue weighted by Gasteiger charge is 2.26. The summed E-state index contributed by atoms with van der Waals surface area (Å²) >= 11 is 0. The molecule has 19 heavy (non-hydrogen) atoms. The van der Waals surface area contributed by atoms with Crippen LogP contribution in [0.1, 0.15) is 31.6 Å². The molecule has 1 aromatic heterocycles. The molecular weight excluding hydrogens is 266 g/mol. The van der Waals surface area contributed by atoms with Gasteiger partial charge in [-0.25, -0.2) is 17.7 Å². The third-order valence-corrected chi connectivity index (χ3v) is 4.63. The topological polar surface area (TPSA) is 94.1 Å². The van der Waals surface area contributed by atoms with E-state index in [4.69, 9.17) is 5.73 Å². The molecule has 2 unspecified atom stereocenters. The molecule has 2 N–H and O–H groups in total. The summed E-state index contributed by atoms with van der Waals surface area (Å²) in [5.41, 5.74) is 5.71. The predicted molar refractivity (Wildman–Crippen MR) is 71.8 cm³/mol. The quantitative estimate of drug-likeness (QED) is 0.839. The second kappa shape index (κ2) is 5.56. The Morgan fingerprint density at radius 1 is 1.58 bits per heavy atom. The lowest BCUT2D eigenvalue weighted by Gasteiger charge is -2.30. The second-order valence-corrected chi connectivity index (χ2v) is 7.23. The number of piperidine rings is 1. The van der Waals surface area contributed by atoms with Crippen LogP contribution in [0.2, 0.25) is 0 Å². The Bertz CT molecular complexity index is 525. The minimum absolute atomic E-state index is 0.180. The van der Waals surface area contributed by atoms with Crippen LogP contribution in [-0.4, -0.2) is 46.8 Å². The Kier molecular flexibility index (Phi) is 4.22. The molecule has 0 amide bonds. The molecule has 1 aliphatic heterocycles. The van der Waals surface area contributed by atoms with Gasteiger partial charge < -0.3 is 5.73 Å². The van der Waals surface area contributed by atoms with Gasteiger partial charge in [0.05, 0.1) is 12.3 Å². The van der Waals surface area contributed by atoms with E-state index >= 15 is 0 Å². The van der Waals surface area contributed by atoms with Crippen molar-refractivity contribution in [1.82, 2.24) is 19.1 Å². The monoisotopic (exact) mass is 287 g/mol. The molecule has 0 saturated carbocycles. The average Bonchev–Trinajstić information content (AvgIpc) is 2.77. The molecule has 1 saturated heterocycles. The fourth-order valence-corrected chi connectivity index (χ4v) is 3.29. The lowest BCUT2D eigenvalue weighted by molar-refractivity contribution is 0.240. The highest BCUT2D eigenvalue weighted by Crippen LogP contribution is 2.20. The van der Waals surface area contributed by atoms with E-state index < -0.39 is 10.0 Å². The van der Waals surface area contributed by atoms with Gasteiger partial charge in [0.15, 0.2) is 5.82 Å². The maximum Gasteiger partial charge on any atom is 0.211 e. The molecule has 7 nitrogen and oxygen atoms in total. The summed E-state index contributed by atoms with van der Waals surface area (Å²) in [6.45, 7) is 3.71. The van der Waals surface area contributed by atoms with Crippen LogP contribution in [0, 0.1) is 5.92 Å². The molecule has 1 fully saturated rings. The van der Waals surface area contributed by atoms with Crippen molar-refractivity contribution >= 4 is 10.0 Å². The van der Waals surface area contributed by atoms with Crippen LogP contribution >= 0.6 is 0 Å². The van der Waals surface area contributed by atoms with E-state index in [0.29, 0.717) is 25.5 Å². The highest BCUT2D eigenvalue weighted by molar-refractivity contribution is 7.88. The first kappa shape index (κ1) is 14.4. The number of rotatable bonds is 4. The summed E-state index contributed by atoms with van der Waals surface area (Å²) in [5.74, 6) is 0.905. The minimum atomic E-state index is -3.09. The predicted octanol–water partition coefficient (Wildman–Crippen LogP) is -0.0306. The third kappa shape index (κ3) is 3.74. The molecule has 0 radical (unpaired) electrons. The van der Waals surface area contributed by atoms with Crippen LogP contribution < -0.4 is 5.73 Å². The van der Waals surface area contributed by atoms with Gasteiger partial charge in [0.25, 0.3) is 0 Å². The van der Waals surface area contributed by atoms with Gasteiger partial charge in [-0.1, -0.05) is 0 Å².